The molecule has 0 fully saturated rings. The maximum absolute atomic E-state index is 12.7. The fourth-order valence-electron chi connectivity index (χ4n) is 3.43. The van der Waals surface area contributed by atoms with Gasteiger partial charge in [-0.05, 0) is 25.0 Å². The summed E-state index contributed by atoms with van der Waals surface area (Å²) in [7, 11) is 0. The average molecular weight is 354 g/mol. The Balaban J connectivity index is 1.89. The number of hydrogen-bond donors (Lipinski definition) is 1. The number of hydrogen-bond acceptors (Lipinski definition) is 4. The molecule has 0 saturated heterocycles. The van der Waals surface area contributed by atoms with Crippen LogP contribution in [0, 0.1) is 10.1 Å². The molecule has 0 saturated carbocycles. The summed E-state index contributed by atoms with van der Waals surface area (Å²) in [6.07, 6.45) is 2.33. The van der Waals surface area contributed by atoms with E-state index in [1.165, 1.54) is 18.2 Å². The lowest BCUT2D eigenvalue weighted by Gasteiger charge is -2.41. The number of amides is 1. The van der Waals surface area contributed by atoms with Crippen molar-refractivity contribution >= 4 is 11.6 Å². The Hall–Kier alpha value is -2.89. The summed E-state index contributed by atoms with van der Waals surface area (Å²) in [5.74, 6) is 0.461. The molecule has 1 atom stereocenters. The summed E-state index contributed by atoms with van der Waals surface area (Å²) in [4.78, 5) is 23.2. The van der Waals surface area contributed by atoms with Crippen LogP contribution in [0.4, 0.5) is 5.69 Å². The van der Waals surface area contributed by atoms with E-state index in [-0.39, 0.29) is 28.8 Å². The zero-order valence-corrected chi connectivity index (χ0v) is 14.9. The van der Waals surface area contributed by atoms with Crippen LogP contribution in [0.25, 0.3) is 0 Å². The van der Waals surface area contributed by atoms with E-state index in [1.54, 1.807) is 6.07 Å². The highest BCUT2D eigenvalue weighted by atomic mass is 16.6. The second-order valence-electron chi connectivity index (χ2n) is 6.57. The Morgan fingerprint density at radius 2 is 1.96 bits per heavy atom. The van der Waals surface area contributed by atoms with E-state index in [0.29, 0.717) is 6.42 Å². The summed E-state index contributed by atoms with van der Waals surface area (Å²) >= 11 is 0. The molecule has 1 amide bonds. The molecule has 0 unspecified atom stereocenters. The van der Waals surface area contributed by atoms with Crippen LogP contribution in [-0.4, -0.2) is 16.4 Å². The third-order valence-electron chi connectivity index (χ3n) is 5.11. The molecule has 136 valence electrons. The van der Waals surface area contributed by atoms with Crippen LogP contribution >= 0.6 is 0 Å². The van der Waals surface area contributed by atoms with E-state index < -0.39 is 4.92 Å². The standard InChI is InChI=1S/C20H22N2O4/c1-3-20(4-2)13-17(16-10-5-6-11-18(16)26-20)21-19(23)14-8-7-9-15(12-14)22(24)25/h5-12,17H,3-4,13H2,1-2H3,(H,21,23)/t17-/m1/s1. The second kappa shape index (κ2) is 7.15. The van der Waals surface area contributed by atoms with Crippen molar-refractivity contribution in [2.75, 3.05) is 0 Å². The zero-order chi connectivity index (χ0) is 18.7. The first kappa shape index (κ1) is 17.9. The number of nitrogens with one attached hydrogen (secondary N) is 1. The predicted octanol–water partition coefficient (Wildman–Crippen LogP) is 4.41. The van der Waals surface area contributed by atoms with Crippen LogP contribution in [-0.2, 0) is 0 Å². The Morgan fingerprint density at radius 3 is 2.65 bits per heavy atom. The minimum atomic E-state index is -0.500. The van der Waals surface area contributed by atoms with E-state index >= 15 is 0 Å². The van der Waals surface area contributed by atoms with E-state index in [1.807, 2.05) is 24.3 Å². The first-order chi connectivity index (χ1) is 12.5. The van der Waals surface area contributed by atoms with Gasteiger partial charge < -0.3 is 10.1 Å². The summed E-state index contributed by atoms with van der Waals surface area (Å²) < 4.78 is 6.25. The molecule has 6 heteroatoms. The molecule has 1 aliphatic rings. The largest absolute Gasteiger partial charge is 0.487 e. The minimum Gasteiger partial charge on any atom is -0.487 e. The molecular formula is C20H22N2O4. The third-order valence-corrected chi connectivity index (χ3v) is 5.11. The van der Waals surface area contributed by atoms with Crippen molar-refractivity contribution < 1.29 is 14.5 Å². The Morgan fingerprint density at radius 1 is 1.23 bits per heavy atom. The van der Waals surface area contributed by atoms with E-state index in [9.17, 15) is 14.9 Å². The number of benzene rings is 2. The lowest BCUT2D eigenvalue weighted by Crippen LogP contribution is -2.44. The predicted molar refractivity (Wildman–Crippen MR) is 98.3 cm³/mol. The molecule has 1 aliphatic heterocycles. The maximum atomic E-state index is 12.7. The van der Waals surface area contributed by atoms with Gasteiger partial charge in [-0.3, -0.25) is 14.9 Å². The van der Waals surface area contributed by atoms with Crippen LogP contribution in [0.3, 0.4) is 0 Å². The summed E-state index contributed by atoms with van der Waals surface area (Å²) in [5, 5.41) is 14.0. The number of ether oxygens (including phenoxy) is 1. The number of para-hydroxylation sites is 1. The van der Waals surface area contributed by atoms with Gasteiger partial charge in [-0.25, -0.2) is 0 Å². The summed E-state index contributed by atoms with van der Waals surface area (Å²) in [6, 6.07) is 13.3. The quantitative estimate of drug-likeness (QED) is 0.637. The highest BCUT2D eigenvalue weighted by Crippen LogP contribution is 2.42. The van der Waals surface area contributed by atoms with Crippen molar-refractivity contribution in [2.45, 2.75) is 44.8 Å². The van der Waals surface area contributed by atoms with Gasteiger partial charge in [0, 0.05) is 29.7 Å². The molecule has 2 aromatic rings. The van der Waals surface area contributed by atoms with Crippen molar-refractivity contribution in [3.05, 3.63) is 69.8 Å². The van der Waals surface area contributed by atoms with Crippen molar-refractivity contribution in [3.63, 3.8) is 0 Å². The van der Waals surface area contributed by atoms with E-state index in [0.717, 1.165) is 24.2 Å². The third kappa shape index (κ3) is 3.40. The van der Waals surface area contributed by atoms with Crippen LogP contribution in [0.2, 0.25) is 0 Å². The minimum absolute atomic E-state index is 0.0958. The SMILES string of the molecule is CCC1(CC)C[C@@H](NC(=O)c2cccc([N+](=O)[O-])c2)c2ccccc2O1. The normalized spacial score (nSPS) is 17.7. The van der Waals surface area contributed by atoms with Gasteiger partial charge in [0.05, 0.1) is 11.0 Å². The lowest BCUT2D eigenvalue weighted by atomic mass is 9.83. The Kier molecular flexibility index (Phi) is 4.93. The molecule has 0 aliphatic carbocycles. The molecule has 6 nitrogen and oxygen atoms in total. The van der Waals surface area contributed by atoms with Crippen molar-refractivity contribution in [1.29, 1.82) is 0 Å². The van der Waals surface area contributed by atoms with Gasteiger partial charge in [0.25, 0.3) is 11.6 Å². The van der Waals surface area contributed by atoms with Gasteiger partial charge in [-0.2, -0.15) is 0 Å². The fraction of sp³-hybridized carbons (Fsp3) is 0.350. The van der Waals surface area contributed by atoms with Crippen LogP contribution in [0.15, 0.2) is 48.5 Å². The highest BCUT2D eigenvalue weighted by molar-refractivity contribution is 5.95. The lowest BCUT2D eigenvalue weighted by molar-refractivity contribution is -0.384. The molecule has 0 aromatic heterocycles. The van der Waals surface area contributed by atoms with Crippen molar-refractivity contribution in [2.24, 2.45) is 0 Å². The van der Waals surface area contributed by atoms with Gasteiger partial charge in [-0.1, -0.05) is 38.1 Å². The zero-order valence-electron chi connectivity index (χ0n) is 14.9. The molecular weight excluding hydrogens is 332 g/mol. The maximum Gasteiger partial charge on any atom is 0.270 e. The Labute approximate surface area is 152 Å². The molecule has 0 bridgehead atoms. The number of fused-ring (bicyclic) bond motifs is 1. The number of carbonyl (C=O) groups is 1. The van der Waals surface area contributed by atoms with Crippen LogP contribution < -0.4 is 10.1 Å². The van der Waals surface area contributed by atoms with Gasteiger partial charge in [0.1, 0.15) is 11.4 Å². The average Bonchev–Trinajstić information content (AvgIpc) is 2.67. The monoisotopic (exact) mass is 354 g/mol. The number of nitro groups is 1. The van der Waals surface area contributed by atoms with E-state index in [4.69, 9.17) is 4.74 Å². The molecule has 26 heavy (non-hydrogen) atoms. The molecule has 1 N–H and O–H groups in total. The molecule has 0 radical (unpaired) electrons. The van der Waals surface area contributed by atoms with Gasteiger partial charge in [0.2, 0.25) is 0 Å². The molecule has 2 aromatic carbocycles. The number of rotatable bonds is 5. The second-order valence-corrected chi connectivity index (χ2v) is 6.57. The summed E-state index contributed by atoms with van der Waals surface area (Å²) in [5.41, 5.74) is 0.793. The van der Waals surface area contributed by atoms with Gasteiger partial charge in [0.15, 0.2) is 0 Å². The molecule has 1 heterocycles. The smallest absolute Gasteiger partial charge is 0.270 e. The van der Waals surface area contributed by atoms with E-state index in [2.05, 4.69) is 19.2 Å². The number of nitrogens with zero attached hydrogens (tertiary/aromatic N) is 1. The number of carbonyl (C=O) groups excluding carboxylic acids is 1. The van der Waals surface area contributed by atoms with Crippen LogP contribution in [0.5, 0.6) is 5.75 Å². The topological polar surface area (TPSA) is 81.5 Å². The molecule has 3 rings (SSSR count). The van der Waals surface area contributed by atoms with Gasteiger partial charge in [-0.15, -0.1) is 0 Å². The fourth-order valence-corrected chi connectivity index (χ4v) is 3.43. The number of non-ortho nitro benzene ring substituents is 1. The van der Waals surface area contributed by atoms with Crippen LogP contribution in [0.1, 0.15) is 55.1 Å². The summed E-state index contributed by atoms with van der Waals surface area (Å²) in [6.45, 7) is 4.16. The van der Waals surface area contributed by atoms with Crippen molar-refractivity contribution in [1.82, 2.24) is 5.32 Å². The highest BCUT2D eigenvalue weighted by Gasteiger charge is 2.39. The Bertz CT molecular complexity index is 830. The number of nitro benzene ring substituents is 1. The van der Waals surface area contributed by atoms with Gasteiger partial charge >= 0.3 is 0 Å². The van der Waals surface area contributed by atoms with Crippen molar-refractivity contribution in [3.8, 4) is 5.75 Å². The molecule has 0 spiro atoms. The first-order valence-electron chi connectivity index (χ1n) is 8.81. The first-order valence-corrected chi connectivity index (χ1v) is 8.81.